The van der Waals surface area contributed by atoms with E-state index in [1.807, 2.05) is 67.8 Å². The molecule has 3 aromatic rings. The molecule has 1 amide bonds. The Bertz CT molecular complexity index is 1040. The second kappa shape index (κ2) is 8.59. The van der Waals surface area contributed by atoms with Gasteiger partial charge in [0.2, 0.25) is 0 Å². The van der Waals surface area contributed by atoms with Crippen molar-refractivity contribution in [3.8, 4) is 17.5 Å². The lowest BCUT2D eigenvalue weighted by atomic mass is 10.1. The summed E-state index contributed by atoms with van der Waals surface area (Å²) in [6, 6.07) is 15.6. The maximum Gasteiger partial charge on any atom is 0.262 e. The molecule has 2 heterocycles. The molecule has 0 aliphatic heterocycles. The minimum atomic E-state index is -0.370. The Morgan fingerprint density at radius 2 is 2.04 bits per heavy atom. The van der Waals surface area contributed by atoms with Gasteiger partial charge in [-0.3, -0.25) is 4.79 Å². The lowest BCUT2D eigenvalue weighted by Gasteiger charge is -2.10. The third kappa shape index (κ3) is 4.16. The molecule has 5 nitrogen and oxygen atoms in total. The zero-order valence-electron chi connectivity index (χ0n) is 16.0. The van der Waals surface area contributed by atoms with Crippen LogP contribution >= 0.6 is 11.3 Å². The molecule has 0 bridgehead atoms. The number of hydrogen-bond acceptors (Lipinski definition) is 4. The summed E-state index contributed by atoms with van der Waals surface area (Å²) in [6.07, 6.45) is 1.64. The number of rotatable bonds is 6. The fourth-order valence-electron chi connectivity index (χ4n) is 3.04. The van der Waals surface area contributed by atoms with E-state index in [9.17, 15) is 10.1 Å². The molecule has 28 heavy (non-hydrogen) atoms. The molecular formula is C22H21N3O2S. The Morgan fingerprint density at radius 1 is 1.29 bits per heavy atom. The minimum absolute atomic E-state index is 0.0894. The fraction of sp³-hybridized carbons (Fsp3) is 0.182. The Balaban J connectivity index is 1.85. The standard InChI is InChI=1S/C22H21N3O2S/c1-15-11-17(16(2)25(15)19-6-8-20(27-3)9-7-19)12-18(13-23)22(26)24-14-21-5-4-10-28-21/h4-12H,14H2,1-3H3,(H,24,26)/b18-12-. The van der Waals surface area contributed by atoms with E-state index in [1.54, 1.807) is 24.5 Å². The predicted octanol–water partition coefficient (Wildman–Crippen LogP) is 4.39. The molecule has 0 aliphatic rings. The number of carbonyl (C=O) groups excluding carboxylic acids is 1. The van der Waals surface area contributed by atoms with Crippen molar-refractivity contribution in [3.05, 3.63) is 75.2 Å². The molecule has 0 fully saturated rings. The van der Waals surface area contributed by atoms with Crippen LogP contribution in [-0.4, -0.2) is 17.6 Å². The van der Waals surface area contributed by atoms with E-state index in [0.29, 0.717) is 6.54 Å². The van der Waals surface area contributed by atoms with Crippen molar-refractivity contribution in [1.82, 2.24) is 9.88 Å². The molecule has 0 saturated heterocycles. The number of thiophene rings is 1. The summed E-state index contributed by atoms with van der Waals surface area (Å²) in [5.41, 5.74) is 3.91. The Hall–Kier alpha value is -3.30. The highest BCUT2D eigenvalue weighted by molar-refractivity contribution is 7.09. The third-order valence-electron chi connectivity index (χ3n) is 4.47. The first-order valence-corrected chi connectivity index (χ1v) is 9.67. The van der Waals surface area contributed by atoms with E-state index >= 15 is 0 Å². The van der Waals surface area contributed by atoms with Crippen LogP contribution in [0.5, 0.6) is 5.75 Å². The van der Waals surface area contributed by atoms with Crippen molar-refractivity contribution >= 4 is 23.3 Å². The van der Waals surface area contributed by atoms with E-state index in [0.717, 1.165) is 33.3 Å². The van der Waals surface area contributed by atoms with Gasteiger partial charge in [0.1, 0.15) is 17.4 Å². The third-order valence-corrected chi connectivity index (χ3v) is 5.35. The van der Waals surface area contributed by atoms with Crippen molar-refractivity contribution < 1.29 is 9.53 Å². The summed E-state index contributed by atoms with van der Waals surface area (Å²) in [7, 11) is 1.64. The largest absolute Gasteiger partial charge is 0.497 e. The van der Waals surface area contributed by atoms with E-state index in [2.05, 4.69) is 9.88 Å². The van der Waals surface area contributed by atoms with Crippen molar-refractivity contribution in [1.29, 1.82) is 5.26 Å². The van der Waals surface area contributed by atoms with Crippen molar-refractivity contribution in [2.75, 3.05) is 7.11 Å². The molecule has 2 aromatic heterocycles. The SMILES string of the molecule is COc1ccc(-n2c(C)cc(/C=C(/C#N)C(=O)NCc3cccs3)c2C)cc1. The number of methoxy groups -OCH3 is 1. The first-order chi connectivity index (χ1) is 13.5. The molecule has 142 valence electrons. The summed E-state index contributed by atoms with van der Waals surface area (Å²) in [4.78, 5) is 13.4. The molecule has 6 heteroatoms. The number of aromatic nitrogens is 1. The topological polar surface area (TPSA) is 67.0 Å². The van der Waals surface area contributed by atoms with Gasteiger partial charge >= 0.3 is 0 Å². The summed E-state index contributed by atoms with van der Waals surface area (Å²) in [5, 5.41) is 14.2. The average Bonchev–Trinajstić information content (AvgIpc) is 3.32. The molecule has 0 atom stereocenters. The Labute approximate surface area is 168 Å². The van der Waals surface area contributed by atoms with Crippen LogP contribution in [0, 0.1) is 25.2 Å². The molecule has 0 aliphatic carbocycles. The van der Waals surface area contributed by atoms with Gasteiger partial charge in [-0.25, -0.2) is 0 Å². The van der Waals surface area contributed by atoms with E-state index in [4.69, 9.17) is 4.74 Å². The van der Waals surface area contributed by atoms with Gasteiger partial charge in [-0.2, -0.15) is 5.26 Å². The van der Waals surface area contributed by atoms with Gasteiger partial charge in [-0.05, 0) is 67.3 Å². The number of nitriles is 1. The van der Waals surface area contributed by atoms with Gasteiger partial charge < -0.3 is 14.6 Å². The lowest BCUT2D eigenvalue weighted by molar-refractivity contribution is -0.117. The normalized spacial score (nSPS) is 11.1. The Kier molecular flexibility index (Phi) is 5.97. The first-order valence-electron chi connectivity index (χ1n) is 8.79. The highest BCUT2D eigenvalue weighted by Gasteiger charge is 2.14. The molecule has 0 spiro atoms. The van der Waals surface area contributed by atoms with Crippen LogP contribution in [-0.2, 0) is 11.3 Å². The molecule has 1 N–H and O–H groups in total. The second-order valence-corrected chi connectivity index (χ2v) is 7.32. The van der Waals surface area contributed by atoms with Gasteiger partial charge in [-0.15, -0.1) is 11.3 Å². The van der Waals surface area contributed by atoms with Gasteiger partial charge in [0.15, 0.2) is 0 Å². The Morgan fingerprint density at radius 3 is 2.64 bits per heavy atom. The highest BCUT2D eigenvalue weighted by atomic mass is 32.1. The molecule has 1 aromatic carbocycles. The van der Waals surface area contributed by atoms with Crippen molar-refractivity contribution in [3.63, 3.8) is 0 Å². The number of benzene rings is 1. The zero-order chi connectivity index (χ0) is 20.1. The van der Waals surface area contributed by atoms with Crippen LogP contribution in [0.1, 0.15) is 21.8 Å². The second-order valence-electron chi connectivity index (χ2n) is 6.29. The van der Waals surface area contributed by atoms with Crippen LogP contribution in [0.3, 0.4) is 0 Å². The van der Waals surface area contributed by atoms with Gasteiger partial charge in [0.05, 0.1) is 13.7 Å². The number of nitrogens with one attached hydrogen (secondary N) is 1. The fourth-order valence-corrected chi connectivity index (χ4v) is 3.69. The summed E-state index contributed by atoms with van der Waals surface area (Å²) in [5.74, 6) is 0.422. The van der Waals surface area contributed by atoms with Crippen LogP contribution in [0.4, 0.5) is 0 Å². The minimum Gasteiger partial charge on any atom is -0.497 e. The van der Waals surface area contributed by atoms with E-state index in [-0.39, 0.29) is 11.5 Å². The number of carbonyl (C=O) groups is 1. The van der Waals surface area contributed by atoms with Gasteiger partial charge in [0, 0.05) is 22.0 Å². The maximum atomic E-state index is 12.4. The number of aryl methyl sites for hydroxylation is 1. The van der Waals surface area contributed by atoms with Gasteiger partial charge in [-0.1, -0.05) is 6.07 Å². The number of hydrogen-bond donors (Lipinski definition) is 1. The monoisotopic (exact) mass is 391 g/mol. The molecule has 0 unspecified atom stereocenters. The van der Waals surface area contributed by atoms with Crippen LogP contribution in [0.15, 0.2) is 53.4 Å². The van der Waals surface area contributed by atoms with Crippen LogP contribution in [0.25, 0.3) is 11.8 Å². The van der Waals surface area contributed by atoms with E-state index in [1.165, 1.54) is 0 Å². The number of ether oxygens (including phenoxy) is 1. The predicted molar refractivity (Wildman–Crippen MR) is 112 cm³/mol. The highest BCUT2D eigenvalue weighted by Crippen LogP contribution is 2.24. The summed E-state index contributed by atoms with van der Waals surface area (Å²) in [6.45, 7) is 4.39. The van der Waals surface area contributed by atoms with Gasteiger partial charge in [0.25, 0.3) is 5.91 Å². The lowest BCUT2D eigenvalue weighted by Crippen LogP contribution is -2.23. The smallest absolute Gasteiger partial charge is 0.262 e. The molecule has 3 rings (SSSR count). The quantitative estimate of drug-likeness (QED) is 0.501. The van der Waals surface area contributed by atoms with Crippen LogP contribution in [0.2, 0.25) is 0 Å². The van der Waals surface area contributed by atoms with Crippen molar-refractivity contribution in [2.24, 2.45) is 0 Å². The van der Waals surface area contributed by atoms with Crippen LogP contribution < -0.4 is 10.1 Å². The summed E-state index contributed by atoms with van der Waals surface area (Å²) >= 11 is 1.57. The maximum absolute atomic E-state index is 12.4. The average molecular weight is 391 g/mol. The number of amides is 1. The van der Waals surface area contributed by atoms with Crippen molar-refractivity contribution in [2.45, 2.75) is 20.4 Å². The molecule has 0 saturated carbocycles. The summed E-state index contributed by atoms with van der Waals surface area (Å²) < 4.78 is 7.30. The molecular weight excluding hydrogens is 370 g/mol. The molecule has 0 radical (unpaired) electrons. The van der Waals surface area contributed by atoms with E-state index < -0.39 is 0 Å². The number of nitrogens with zero attached hydrogens (tertiary/aromatic N) is 2. The zero-order valence-corrected chi connectivity index (χ0v) is 16.8. The first kappa shape index (κ1) is 19.5.